The van der Waals surface area contributed by atoms with Gasteiger partial charge in [0.25, 0.3) is 5.56 Å². The third-order valence-corrected chi connectivity index (χ3v) is 2.65. The van der Waals surface area contributed by atoms with E-state index in [1.54, 1.807) is 24.1 Å². The Labute approximate surface area is 118 Å². The van der Waals surface area contributed by atoms with Gasteiger partial charge in [-0.05, 0) is 6.42 Å². The van der Waals surface area contributed by atoms with E-state index < -0.39 is 0 Å². The van der Waals surface area contributed by atoms with Crippen molar-refractivity contribution in [2.45, 2.75) is 26.3 Å². The number of aromatic nitrogens is 2. The molecule has 0 atom stereocenters. The molecule has 0 aromatic carbocycles. The molecule has 1 aromatic rings. The van der Waals surface area contributed by atoms with Crippen LogP contribution in [0, 0.1) is 0 Å². The van der Waals surface area contributed by atoms with Crippen molar-refractivity contribution in [2.24, 2.45) is 0 Å². The molecule has 0 spiro atoms. The first-order valence-corrected chi connectivity index (χ1v) is 6.74. The molecule has 20 heavy (non-hydrogen) atoms. The standard InChI is InChI=1S/C13H22N4O3/c1-3-8-17-9-6-16-12(13(17)19)15-5-4-11(18)14-7-10-20-2/h6,9H,3-5,7-8,10H2,1-2H3,(H,14,18)(H,15,16). The van der Waals surface area contributed by atoms with Crippen LogP contribution in [-0.4, -0.2) is 42.3 Å². The van der Waals surface area contributed by atoms with Crippen LogP contribution in [0.5, 0.6) is 0 Å². The second kappa shape index (κ2) is 9.08. The Kier molecular flexibility index (Phi) is 7.34. The lowest BCUT2D eigenvalue weighted by Gasteiger charge is -2.08. The highest BCUT2D eigenvalue weighted by molar-refractivity contribution is 5.76. The van der Waals surface area contributed by atoms with Gasteiger partial charge in [-0.3, -0.25) is 9.59 Å². The Morgan fingerprint density at radius 1 is 1.45 bits per heavy atom. The topological polar surface area (TPSA) is 85.2 Å². The smallest absolute Gasteiger partial charge is 0.293 e. The summed E-state index contributed by atoms with van der Waals surface area (Å²) in [7, 11) is 1.58. The van der Waals surface area contributed by atoms with E-state index in [9.17, 15) is 9.59 Å². The van der Waals surface area contributed by atoms with Crippen LogP contribution in [0.4, 0.5) is 5.82 Å². The van der Waals surface area contributed by atoms with Gasteiger partial charge >= 0.3 is 0 Å². The number of carbonyl (C=O) groups is 1. The summed E-state index contributed by atoms with van der Waals surface area (Å²) in [6, 6.07) is 0. The monoisotopic (exact) mass is 282 g/mol. The molecule has 7 heteroatoms. The van der Waals surface area contributed by atoms with Gasteiger partial charge in [-0.2, -0.15) is 0 Å². The second-order valence-corrected chi connectivity index (χ2v) is 4.29. The van der Waals surface area contributed by atoms with Crippen molar-refractivity contribution in [2.75, 3.05) is 32.1 Å². The van der Waals surface area contributed by atoms with Crippen LogP contribution in [0.3, 0.4) is 0 Å². The SMILES string of the molecule is CCCn1ccnc(NCCC(=O)NCCOC)c1=O. The zero-order valence-corrected chi connectivity index (χ0v) is 12.0. The highest BCUT2D eigenvalue weighted by Crippen LogP contribution is 1.94. The normalized spacial score (nSPS) is 10.3. The maximum Gasteiger partial charge on any atom is 0.293 e. The van der Waals surface area contributed by atoms with Crippen LogP contribution in [0.1, 0.15) is 19.8 Å². The van der Waals surface area contributed by atoms with Gasteiger partial charge in [-0.1, -0.05) is 6.92 Å². The van der Waals surface area contributed by atoms with Gasteiger partial charge in [0.1, 0.15) is 0 Å². The molecule has 112 valence electrons. The molecule has 0 saturated heterocycles. The summed E-state index contributed by atoms with van der Waals surface area (Å²) in [5.74, 6) is 0.199. The van der Waals surface area contributed by atoms with Crippen molar-refractivity contribution in [3.63, 3.8) is 0 Å². The summed E-state index contributed by atoms with van der Waals surface area (Å²) in [5, 5.41) is 5.61. The van der Waals surface area contributed by atoms with Gasteiger partial charge in [0.2, 0.25) is 5.91 Å². The molecule has 0 bridgehead atoms. The van der Waals surface area contributed by atoms with Crippen molar-refractivity contribution < 1.29 is 9.53 Å². The van der Waals surface area contributed by atoms with E-state index in [0.717, 1.165) is 6.42 Å². The third kappa shape index (κ3) is 5.40. The third-order valence-electron chi connectivity index (χ3n) is 2.65. The van der Waals surface area contributed by atoms with Crippen LogP contribution >= 0.6 is 0 Å². The van der Waals surface area contributed by atoms with Crippen molar-refractivity contribution in [1.82, 2.24) is 14.9 Å². The fourth-order valence-corrected chi connectivity index (χ4v) is 1.66. The summed E-state index contributed by atoms with van der Waals surface area (Å²) in [6.45, 7) is 4.01. The Hall–Kier alpha value is -1.89. The van der Waals surface area contributed by atoms with Gasteiger partial charge in [0.05, 0.1) is 6.61 Å². The first-order chi connectivity index (χ1) is 9.69. The molecule has 0 aliphatic heterocycles. The molecule has 0 radical (unpaired) electrons. The number of ether oxygens (including phenoxy) is 1. The average molecular weight is 282 g/mol. The number of hydrogen-bond acceptors (Lipinski definition) is 5. The molecule has 1 rings (SSSR count). The molecule has 1 amide bonds. The van der Waals surface area contributed by atoms with Crippen molar-refractivity contribution in [1.29, 1.82) is 0 Å². The summed E-state index contributed by atoms with van der Waals surface area (Å²) in [6.07, 6.45) is 4.41. The second-order valence-electron chi connectivity index (χ2n) is 4.29. The number of rotatable bonds is 9. The Balaban J connectivity index is 2.40. The van der Waals surface area contributed by atoms with Gasteiger partial charge < -0.3 is 19.9 Å². The molecule has 0 aliphatic carbocycles. The summed E-state index contributed by atoms with van der Waals surface area (Å²) in [4.78, 5) is 27.4. The minimum absolute atomic E-state index is 0.0839. The van der Waals surface area contributed by atoms with Crippen LogP contribution in [-0.2, 0) is 16.1 Å². The summed E-state index contributed by atoms with van der Waals surface area (Å²) >= 11 is 0. The molecule has 1 heterocycles. The molecule has 0 fully saturated rings. The van der Waals surface area contributed by atoms with E-state index in [1.807, 2.05) is 6.92 Å². The number of methoxy groups -OCH3 is 1. The van der Waals surface area contributed by atoms with E-state index in [1.165, 1.54) is 0 Å². The average Bonchev–Trinajstić information content (AvgIpc) is 2.43. The van der Waals surface area contributed by atoms with E-state index in [-0.39, 0.29) is 23.7 Å². The fourth-order valence-electron chi connectivity index (χ4n) is 1.66. The Morgan fingerprint density at radius 3 is 2.95 bits per heavy atom. The highest BCUT2D eigenvalue weighted by Gasteiger charge is 2.05. The summed E-state index contributed by atoms with van der Waals surface area (Å²) in [5.41, 5.74) is -0.158. The number of carbonyl (C=O) groups excluding carboxylic acids is 1. The number of aryl methyl sites for hydroxylation is 1. The van der Waals surface area contributed by atoms with Crippen molar-refractivity contribution in [3.8, 4) is 0 Å². The molecule has 7 nitrogen and oxygen atoms in total. The number of hydrogen-bond donors (Lipinski definition) is 2. The molecular formula is C13H22N4O3. The number of amides is 1. The van der Waals surface area contributed by atoms with Crippen LogP contribution in [0.15, 0.2) is 17.2 Å². The molecular weight excluding hydrogens is 260 g/mol. The Morgan fingerprint density at radius 2 is 2.25 bits per heavy atom. The van der Waals surface area contributed by atoms with Crippen molar-refractivity contribution in [3.05, 3.63) is 22.7 Å². The first-order valence-electron chi connectivity index (χ1n) is 6.74. The minimum atomic E-state index is -0.158. The van der Waals surface area contributed by atoms with Crippen LogP contribution in [0.2, 0.25) is 0 Å². The predicted molar refractivity (Wildman–Crippen MR) is 76.8 cm³/mol. The fraction of sp³-hybridized carbons (Fsp3) is 0.615. The molecule has 0 unspecified atom stereocenters. The lowest BCUT2D eigenvalue weighted by atomic mass is 10.4. The van der Waals surface area contributed by atoms with Gasteiger partial charge in [0, 0.05) is 45.6 Å². The largest absolute Gasteiger partial charge is 0.383 e. The zero-order chi connectivity index (χ0) is 14.8. The first kappa shape index (κ1) is 16.2. The summed E-state index contributed by atoms with van der Waals surface area (Å²) < 4.78 is 6.44. The Bertz CT molecular complexity index is 473. The van der Waals surface area contributed by atoms with E-state index in [4.69, 9.17) is 4.74 Å². The van der Waals surface area contributed by atoms with Gasteiger partial charge in [-0.15, -0.1) is 0 Å². The number of nitrogens with one attached hydrogen (secondary N) is 2. The molecule has 0 saturated carbocycles. The number of anilines is 1. The highest BCUT2D eigenvalue weighted by atomic mass is 16.5. The lowest BCUT2D eigenvalue weighted by Crippen LogP contribution is -2.30. The van der Waals surface area contributed by atoms with Crippen LogP contribution < -0.4 is 16.2 Å². The molecule has 1 aromatic heterocycles. The van der Waals surface area contributed by atoms with Gasteiger partial charge in [0.15, 0.2) is 5.82 Å². The number of nitrogens with zero attached hydrogens (tertiary/aromatic N) is 2. The molecule has 0 aliphatic rings. The maximum atomic E-state index is 12.0. The zero-order valence-electron chi connectivity index (χ0n) is 12.0. The predicted octanol–water partition coefficient (Wildman–Crippen LogP) is 0.218. The minimum Gasteiger partial charge on any atom is -0.383 e. The lowest BCUT2D eigenvalue weighted by molar-refractivity contribution is -0.121. The van der Waals surface area contributed by atoms with Crippen molar-refractivity contribution >= 4 is 11.7 Å². The quantitative estimate of drug-likeness (QED) is 0.633. The van der Waals surface area contributed by atoms with Crippen LogP contribution in [0.25, 0.3) is 0 Å². The maximum absolute atomic E-state index is 12.0. The van der Waals surface area contributed by atoms with E-state index >= 15 is 0 Å². The molecule has 2 N–H and O–H groups in total. The van der Waals surface area contributed by atoms with E-state index in [0.29, 0.717) is 26.2 Å². The van der Waals surface area contributed by atoms with Gasteiger partial charge in [-0.25, -0.2) is 4.98 Å². The van der Waals surface area contributed by atoms with E-state index in [2.05, 4.69) is 15.6 Å².